The summed E-state index contributed by atoms with van der Waals surface area (Å²) in [6.45, 7) is 1.85. The van der Waals surface area contributed by atoms with Gasteiger partial charge in [0.05, 0.1) is 54.6 Å². The summed E-state index contributed by atoms with van der Waals surface area (Å²) in [4.78, 5) is 35.9. The fourth-order valence-corrected chi connectivity index (χ4v) is 5.63. The van der Waals surface area contributed by atoms with Crippen molar-refractivity contribution >= 4 is 23.2 Å². The summed E-state index contributed by atoms with van der Waals surface area (Å²) < 4.78 is 47.5. The molecule has 46 heavy (non-hydrogen) atoms. The molecule has 4 heterocycles. The van der Waals surface area contributed by atoms with Crippen LogP contribution in [0.3, 0.4) is 0 Å². The van der Waals surface area contributed by atoms with Gasteiger partial charge < -0.3 is 10.1 Å². The first-order valence-corrected chi connectivity index (χ1v) is 14.7. The number of amides is 1. The number of aromatic nitrogens is 6. The second kappa shape index (κ2) is 12.4. The Morgan fingerprint density at radius 1 is 1.04 bits per heavy atom. The maximum atomic E-state index is 13.8. The lowest BCUT2D eigenvalue weighted by molar-refractivity contribution is -0.141. The van der Waals surface area contributed by atoms with Crippen molar-refractivity contribution in [3.05, 3.63) is 100.0 Å². The Balaban J connectivity index is 1.42. The molecule has 0 radical (unpaired) electrons. The summed E-state index contributed by atoms with van der Waals surface area (Å²) in [7, 11) is 1.52. The number of carbonyl (C=O) groups is 1. The first-order valence-electron chi connectivity index (χ1n) is 14.3. The molecule has 0 aliphatic carbocycles. The molecular formula is C32H27ClF3N7O3. The topological polar surface area (TPSA) is 117 Å². The molecule has 0 saturated carbocycles. The average Bonchev–Trinajstić information content (AvgIpc) is 3.54. The number of hydrogen-bond acceptors (Lipinski definition) is 7. The van der Waals surface area contributed by atoms with E-state index in [-0.39, 0.29) is 28.8 Å². The zero-order valence-electron chi connectivity index (χ0n) is 24.6. The van der Waals surface area contributed by atoms with Gasteiger partial charge >= 0.3 is 6.18 Å². The number of fused-ring (bicyclic) bond motifs is 4. The minimum atomic E-state index is -4.68. The number of hydrogen-bond donors (Lipinski definition) is 1. The molecule has 1 aliphatic heterocycles. The van der Waals surface area contributed by atoms with Crippen molar-refractivity contribution in [2.75, 3.05) is 12.4 Å². The van der Waals surface area contributed by atoms with Crippen molar-refractivity contribution in [2.45, 2.75) is 38.4 Å². The maximum Gasteiger partial charge on any atom is 0.436 e. The molecule has 2 atom stereocenters. The van der Waals surface area contributed by atoms with E-state index in [4.69, 9.17) is 16.3 Å². The van der Waals surface area contributed by atoms with Crippen LogP contribution in [-0.2, 0) is 11.0 Å². The van der Waals surface area contributed by atoms with E-state index in [2.05, 4.69) is 25.6 Å². The molecule has 2 bridgehead atoms. The largest absolute Gasteiger partial charge is 0.495 e. The molecule has 2 aromatic carbocycles. The van der Waals surface area contributed by atoms with Crippen LogP contribution in [0, 0.1) is 5.92 Å². The molecule has 5 aromatic rings. The van der Waals surface area contributed by atoms with Crippen molar-refractivity contribution in [1.29, 1.82) is 0 Å². The number of nitrogens with zero attached hydrogens (tertiary/aromatic N) is 6. The van der Waals surface area contributed by atoms with Gasteiger partial charge in [-0.2, -0.15) is 13.2 Å². The molecule has 1 N–H and O–H groups in total. The van der Waals surface area contributed by atoms with Gasteiger partial charge in [0.2, 0.25) is 5.91 Å². The number of methoxy groups -OCH3 is 1. The van der Waals surface area contributed by atoms with Gasteiger partial charge in [-0.25, -0.2) is 9.67 Å². The van der Waals surface area contributed by atoms with Crippen LogP contribution in [0.2, 0.25) is 5.02 Å². The standard InChI is InChI=1S/C32H27ClF3N7O3/c1-18-5-3-8-26(19-6-4-7-20(11-19)30-25(39-31(18)45)13-22(46-2)15-37-30)42-17-38-24(14-29(42)44)23-12-21(33)9-10-27(23)43-16-28(40-41-43)32(34,35)36/h4,6-7,9-18,26H,3,5,8H2,1-2H3,(H,39,45)/t18-,26+/m1/s1. The minimum absolute atomic E-state index is 0.153. The van der Waals surface area contributed by atoms with Gasteiger partial charge in [-0.05, 0) is 42.7 Å². The number of anilines is 1. The summed E-state index contributed by atoms with van der Waals surface area (Å²) in [6, 6.07) is 14.7. The number of benzene rings is 2. The summed E-state index contributed by atoms with van der Waals surface area (Å²) in [5.41, 5.74) is 1.80. The Morgan fingerprint density at radius 3 is 2.61 bits per heavy atom. The van der Waals surface area contributed by atoms with E-state index < -0.39 is 17.9 Å². The van der Waals surface area contributed by atoms with Crippen LogP contribution in [0.25, 0.3) is 28.2 Å². The van der Waals surface area contributed by atoms with Crippen LogP contribution >= 0.6 is 11.6 Å². The van der Waals surface area contributed by atoms with E-state index in [9.17, 15) is 22.8 Å². The van der Waals surface area contributed by atoms with Gasteiger partial charge in [0, 0.05) is 34.2 Å². The molecule has 3 aromatic heterocycles. The average molecular weight is 650 g/mol. The highest BCUT2D eigenvalue weighted by Crippen LogP contribution is 2.35. The summed E-state index contributed by atoms with van der Waals surface area (Å²) >= 11 is 6.25. The molecule has 236 valence electrons. The first kappa shape index (κ1) is 31.0. The normalized spacial score (nSPS) is 17.0. The molecule has 1 aliphatic rings. The van der Waals surface area contributed by atoms with Gasteiger partial charge in [-0.15, -0.1) is 5.10 Å². The Hall–Kier alpha value is -5.04. The van der Waals surface area contributed by atoms with Crippen LogP contribution in [0.15, 0.2) is 78.1 Å². The molecule has 1 amide bonds. The number of alkyl halides is 3. The fourth-order valence-electron chi connectivity index (χ4n) is 5.46. The molecule has 6 rings (SSSR count). The van der Waals surface area contributed by atoms with E-state index in [0.717, 1.165) is 22.0 Å². The number of ether oxygens (including phenoxy) is 1. The van der Waals surface area contributed by atoms with Gasteiger partial charge in [0.1, 0.15) is 5.75 Å². The quantitative estimate of drug-likeness (QED) is 0.234. The lowest BCUT2D eigenvalue weighted by Gasteiger charge is -2.23. The first-order chi connectivity index (χ1) is 22.0. The van der Waals surface area contributed by atoms with E-state index in [1.54, 1.807) is 12.3 Å². The summed E-state index contributed by atoms with van der Waals surface area (Å²) in [5, 5.41) is 10.2. The smallest absolute Gasteiger partial charge is 0.436 e. The van der Waals surface area contributed by atoms with Crippen LogP contribution < -0.4 is 15.6 Å². The Kier molecular flexibility index (Phi) is 8.34. The Bertz CT molecular complexity index is 1990. The predicted octanol–water partition coefficient (Wildman–Crippen LogP) is 6.58. The summed E-state index contributed by atoms with van der Waals surface area (Å²) in [6.07, 6.45) is 0.807. The number of carbonyl (C=O) groups excluding carboxylic acids is 1. The Labute approximate surface area is 265 Å². The van der Waals surface area contributed by atoms with E-state index in [1.807, 2.05) is 31.2 Å². The number of nitrogens with one attached hydrogen (secondary N) is 1. The van der Waals surface area contributed by atoms with Crippen molar-refractivity contribution in [1.82, 2.24) is 29.5 Å². The predicted molar refractivity (Wildman–Crippen MR) is 165 cm³/mol. The second-order valence-electron chi connectivity index (χ2n) is 11.0. The number of rotatable bonds is 4. The lowest BCUT2D eigenvalue weighted by atomic mass is 9.94. The highest BCUT2D eigenvalue weighted by atomic mass is 35.5. The minimum Gasteiger partial charge on any atom is -0.495 e. The van der Waals surface area contributed by atoms with E-state index in [0.29, 0.717) is 47.0 Å². The SMILES string of the molecule is COc1cnc2c(c1)NC(=O)[C@H](C)CCC[C@H](n1cnc(-c3cc(Cl)ccc3-n3cc(C(F)(F)F)nn3)cc1=O)c1cccc-2c1. The molecule has 14 heteroatoms. The third-order valence-corrected chi connectivity index (χ3v) is 8.14. The fraction of sp³-hybridized carbons (Fsp3) is 0.250. The van der Waals surface area contributed by atoms with Crippen LogP contribution in [0.5, 0.6) is 5.75 Å². The van der Waals surface area contributed by atoms with Crippen LogP contribution in [0.1, 0.15) is 43.5 Å². The molecule has 0 fully saturated rings. The molecular weight excluding hydrogens is 623 g/mol. The number of pyridine rings is 1. The van der Waals surface area contributed by atoms with Crippen molar-refractivity contribution in [2.24, 2.45) is 5.92 Å². The number of halogens is 4. The van der Waals surface area contributed by atoms with E-state index >= 15 is 0 Å². The highest BCUT2D eigenvalue weighted by molar-refractivity contribution is 6.31. The molecule has 10 nitrogen and oxygen atoms in total. The maximum absolute atomic E-state index is 13.8. The zero-order valence-corrected chi connectivity index (χ0v) is 25.4. The van der Waals surface area contributed by atoms with Crippen LogP contribution in [-0.4, -0.2) is 42.5 Å². The summed E-state index contributed by atoms with van der Waals surface area (Å²) in [5.74, 6) is 0.0310. The van der Waals surface area contributed by atoms with Crippen molar-refractivity contribution in [3.63, 3.8) is 0 Å². The van der Waals surface area contributed by atoms with Crippen molar-refractivity contribution in [3.8, 4) is 34.0 Å². The lowest BCUT2D eigenvalue weighted by Crippen LogP contribution is -2.26. The monoisotopic (exact) mass is 649 g/mol. The van der Waals surface area contributed by atoms with Crippen LogP contribution in [0.4, 0.5) is 18.9 Å². The van der Waals surface area contributed by atoms with Gasteiger partial charge in [0.25, 0.3) is 5.56 Å². The second-order valence-corrected chi connectivity index (χ2v) is 11.4. The van der Waals surface area contributed by atoms with E-state index in [1.165, 1.54) is 42.3 Å². The third kappa shape index (κ3) is 6.23. The zero-order chi connectivity index (χ0) is 32.6. The Morgan fingerprint density at radius 2 is 1.87 bits per heavy atom. The van der Waals surface area contributed by atoms with Gasteiger partial charge in [-0.3, -0.25) is 19.1 Å². The highest BCUT2D eigenvalue weighted by Gasteiger charge is 2.35. The molecule has 0 saturated heterocycles. The van der Waals surface area contributed by atoms with Crippen molar-refractivity contribution < 1.29 is 22.7 Å². The van der Waals surface area contributed by atoms with Gasteiger partial charge in [-0.1, -0.05) is 48.4 Å². The molecule has 0 spiro atoms. The molecule has 0 unspecified atom stereocenters. The van der Waals surface area contributed by atoms with Gasteiger partial charge in [0.15, 0.2) is 5.69 Å². The third-order valence-electron chi connectivity index (χ3n) is 7.90.